The Bertz CT molecular complexity index is 377. The van der Waals surface area contributed by atoms with Gasteiger partial charge in [0.1, 0.15) is 5.82 Å². The van der Waals surface area contributed by atoms with E-state index in [4.69, 9.17) is 5.73 Å². The van der Waals surface area contributed by atoms with Gasteiger partial charge in [0, 0.05) is 19.6 Å². The van der Waals surface area contributed by atoms with Crippen LogP contribution in [0.25, 0.3) is 0 Å². The SMILES string of the molecule is CCC(N)Cc1cccc(F)c1N(C)CC(C)C. The highest BCUT2D eigenvalue weighted by atomic mass is 19.1. The van der Waals surface area contributed by atoms with E-state index in [-0.39, 0.29) is 11.9 Å². The number of para-hydroxylation sites is 1. The summed E-state index contributed by atoms with van der Waals surface area (Å²) in [5, 5.41) is 0. The maximum Gasteiger partial charge on any atom is 0.146 e. The van der Waals surface area contributed by atoms with Gasteiger partial charge < -0.3 is 10.6 Å². The fourth-order valence-corrected chi connectivity index (χ4v) is 2.22. The quantitative estimate of drug-likeness (QED) is 0.842. The second-order valence-corrected chi connectivity index (χ2v) is 5.39. The van der Waals surface area contributed by atoms with Gasteiger partial charge in [-0.1, -0.05) is 32.9 Å². The molecule has 0 aliphatic rings. The van der Waals surface area contributed by atoms with Crippen molar-refractivity contribution >= 4 is 5.69 Å². The second-order valence-electron chi connectivity index (χ2n) is 5.39. The summed E-state index contributed by atoms with van der Waals surface area (Å²) in [6.07, 6.45) is 1.63. The van der Waals surface area contributed by atoms with Gasteiger partial charge in [-0.3, -0.25) is 0 Å². The van der Waals surface area contributed by atoms with Gasteiger partial charge in [-0.05, 0) is 30.4 Å². The van der Waals surface area contributed by atoms with Crippen molar-refractivity contribution in [2.75, 3.05) is 18.5 Å². The van der Waals surface area contributed by atoms with Crippen molar-refractivity contribution < 1.29 is 4.39 Å². The first-order valence-electron chi connectivity index (χ1n) is 6.69. The van der Waals surface area contributed by atoms with Crippen LogP contribution in [0.3, 0.4) is 0 Å². The maximum atomic E-state index is 14.0. The van der Waals surface area contributed by atoms with Crippen molar-refractivity contribution in [3.63, 3.8) is 0 Å². The summed E-state index contributed by atoms with van der Waals surface area (Å²) in [6, 6.07) is 5.36. The molecule has 0 aliphatic carbocycles. The number of nitrogens with two attached hydrogens (primary N) is 1. The van der Waals surface area contributed by atoms with Gasteiger partial charge in [0.15, 0.2) is 0 Å². The zero-order valence-electron chi connectivity index (χ0n) is 11.9. The molecule has 0 bridgehead atoms. The summed E-state index contributed by atoms with van der Waals surface area (Å²) in [5.41, 5.74) is 7.70. The number of rotatable bonds is 6. The molecule has 102 valence electrons. The highest BCUT2D eigenvalue weighted by Crippen LogP contribution is 2.25. The van der Waals surface area contributed by atoms with Gasteiger partial charge in [-0.25, -0.2) is 4.39 Å². The van der Waals surface area contributed by atoms with Gasteiger partial charge in [-0.15, -0.1) is 0 Å². The van der Waals surface area contributed by atoms with E-state index in [9.17, 15) is 4.39 Å². The van der Waals surface area contributed by atoms with E-state index in [0.717, 1.165) is 24.9 Å². The molecule has 0 saturated carbocycles. The predicted octanol–water partition coefficient (Wildman–Crippen LogP) is 3.20. The molecule has 18 heavy (non-hydrogen) atoms. The van der Waals surface area contributed by atoms with Crippen LogP contribution in [-0.4, -0.2) is 19.6 Å². The maximum absolute atomic E-state index is 14.0. The molecule has 0 saturated heterocycles. The Morgan fingerprint density at radius 3 is 2.56 bits per heavy atom. The zero-order valence-corrected chi connectivity index (χ0v) is 11.9. The van der Waals surface area contributed by atoms with Crippen molar-refractivity contribution in [1.82, 2.24) is 0 Å². The molecule has 0 aliphatic heterocycles. The Labute approximate surface area is 110 Å². The van der Waals surface area contributed by atoms with Crippen molar-refractivity contribution in [1.29, 1.82) is 0 Å². The summed E-state index contributed by atoms with van der Waals surface area (Å²) >= 11 is 0. The molecule has 0 fully saturated rings. The van der Waals surface area contributed by atoms with Crippen LogP contribution >= 0.6 is 0 Å². The normalized spacial score (nSPS) is 12.8. The molecule has 1 unspecified atom stereocenters. The number of benzene rings is 1. The highest BCUT2D eigenvalue weighted by molar-refractivity contribution is 5.54. The van der Waals surface area contributed by atoms with Crippen LogP contribution in [0.2, 0.25) is 0 Å². The Hall–Kier alpha value is -1.09. The van der Waals surface area contributed by atoms with Crippen molar-refractivity contribution in [3.8, 4) is 0 Å². The van der Waals surface area contributed by atoms with Gasteiger partial charge in [-0.2, -0.15) is 0 Å². The summed E-state index contributed by atoms with van der Waals surface area (Å²) < 4.78 is 14.0. The third-order valence-electron chi connectivity index (χ3n) is 3.10. The van der Waals surface area contributed by atoms with Crippen LogP contribution in [0.1, 0.15) is 32.8 Å². The smallest absolute Gasteiger partial charge is 0.146 e. The fourth-order valence-electron chi connectivity index (χ4n) is 2.22. The Morgan fingerprint density at radius 1 is 1.33 bits per heavy atom. The topological polar surface area (TPSA) is 29.3 Å². The van der Waals surface area contributed by atoms with E-state index in [0.29, 0.717) is 11.6 Å². The third kappa shape index (κ3) is 3.98. The molecule has 3 heteroatoms. The van der Waals surface area contributed by atoms with Crippen LogP contribution in [0.15, 0.2) is 18.2 Å². The number of nitrogens with zero attached hydrogens (tertiary/aromatic N) is 1. The molecule has 0 heterocycles. The molecule has 2 N–H and O–H groups in total. The standard InChI is InChI=1S/C15H25FN2/c1-5-13(17)9-12-7-6-8-14(16)15(12)18(4)10-11(2)3/h6-8,11,13H,5,9-10,17H2,1-4H3. The monoisotopic (exact) mass is 252 g/mol. The van der Waals surface area contributed by atoms with Crippen LogP contribution in [0, 0.1) is 11.7 Å². The largest absolute Gasteiger partial charge is 0.372 e. The number of anilines is 1. The van der Waals surface area contributed by atoms with Crippen LogP contribution in [0.5, 0.6) is 0 Å². The molecule has 1 aromatic carbocycles. The minimum absolute atomic E-state index is 0.0954. The first kappa shape index (κ1) is 15.0. The molecule has 2 nitrogen and oxygen atoms in total. The van der Waals surface area contributed by atoms with E-state index in [1.165, 1.54) is 6.07 Å². The second kappa shape index (κ2) is 6.74. The Morgan fingerprint density at radius 2 is 2.00 bits per heavy atom. The molecule has 1 aromatic rings. The van der Waals surface area contributed by atoms with Crippen molar-refractivity contribution in [3.05, 3.63) is 29.6 Å². The van der Waals surface area contributed by atoms with E-state index >= 15 is 0 Å². The lowest BCUT2D eigenvalue weighted by Crippen LogP contribution is -2.27. The van der Waals surface area contributed by atoms with Gasteiger partial charge in [0.25, 0.3) is 0 Å². The lowest BCUT2D eigenvalue weighted by Gasteiger charge is -2.25. The van der Waals surface area contributed by atoms with E-state index in [2.05, 4.69) is 20.8 Å². The van der Waals surface area contributed by atoms with Crippen LogP contribution in [0.4, 0.5) is 10.1 Å². The van der Waals surface area contributed by atoms with Crippen LogP contribution in [-0.2, 0) is 6.42 Å². The predicted molar refractivity (Wildman–Crippen MR) is 76.5 cm³/mol. The van der Waals surface area contributed by atoms with E-state index in [1.807, 2.05) is 18.0 Å². The van der Waals surface area contributed by atoms with Crippen LogP contribution < -0.4 is 10.6 Å². The first-order chi connectivity index (χ1) is 8.45. The molecular formula is C15H25FN2. The summed E-state index contributed by atoms with van der Waals surface area (Å²) in [7, 11) is 1.94. The van der Waals surface area contributed by atoms with Crippen molar-refractivity contribution in [2.24, 2.45) is 11.7 Å². The molecule has 0 radical (unpaired) electrons. The fraction of sp³-hybridized carbons (Fsp3) is 0.600. The molecule has 1 atom stereocenters. The molecular weight excluding hydrogens is 227 g/mol. The Kier molecular flexibility index (Phi) is 5.60. The van der Waals surface area contributed by atoms with E-state index < -0.39 is 0 Å². The molecule has 0 amide bonds. The third-order valence-corrected chi connectivity index (χ3v) is 3.10. The van der Waals surface area contributed by atoms with E-state index in [1.54, 1.807) is 6.07 Å². The van der Waals surface area contributed by atoms with Gasteiger partial charge in [0.2, 0.25) is 0 Å². The molecule has 0 spiro atoms. The molecule has 1 rings (SSSR count). The average Bonchev–Trinajstić information content (AvgIpc) is 2.27. The van der Waals surface area contributed by atoms with Gasteiger partial charge in [0.05, 0.1) is 5.69 Å². The number of hydrogen-bond acceptors (Lipinski definition) is 2. The minimum Gasteiger partial charge on any atom is -0.372 e. The minimum atomic E-state index is -0.154. The highest BCUT2D eigenvalue weighted by Gasteiger charge is 2.15. The first-order valence-corrected chi connectivity index (χ1v) is 6.69. The number of hydrogen-bond donors (Lipinski definition) is 1. The zero-order chi connectivity index (χ0) is 13.7. The summed E-state index contributed by atoms with van der Waals surface area (Å²) in [4.78, 5) is 2.00. The number of halogens is 1. The summed E-state index contributed by atoms with van der Waals surface area (Å²) in [5.74, 6) is 0.348. The lowest BCUT2D eigenvalue weighted by atomic mass is 10.0. The molecule has 0 aromatic heterocycles. The summed E-state index contributed by atoms with van der Waals surface area (Å²) in [6.45, 7) is 7.17. The average molecular weight is 252 g/mol. The Balaban J connectivity index is 3.00. The van der Waals surface area contributed by atoms with Gasteiger partial charge >= 0.3 is 0 Å². The van der Waals surface area contributed by atoms with Crippen molar-refractivity contribution in [2.45, 2.75) is 39.7 Å². The lowest BCUT2D eigenvalue weighted by molar-refractivity contribution is 0.589.